The lowest BCUT2D eigenvalue weighted by Gasteiger charge is -2.22. The van der Waals surface area contributed by atoms with Crippen LogP contribution in [0.3, 0.4) is 0 Å². The summed E-state index contributed by atoms with van der Waals surface area (Å²) in [5, 5.41) is 39.0. The molecule has 2 aromatic rings. The number of methoxy groups -OCH3 is 1. The molecule has 0 spiro atoms. The largest absolute Gasteiger partial charge is 0.508 e. The molecule has 0 fully saturated rings. The van der Waals surface area contributed by atoms with Crippen molar-refractivity contribution in [3.05, 3.63) is 46.0 Å². The highest BCUT2D eigenvalue weighted by Crippen LogP contribution is 2.43. The van der Waals surface area contributed by atoms with Gasteiger partial charge in [0.25, 0.3) is 0 Å². The molecule has 0 aliphatic heterocycles. The zero-order valence-corrected chi connectivity index (χ0v) is 12.0. The molecule has 7 nitrogen and oxygen atoms in total. The van der Waals surface area contributed by atoms with Gasteiger partial charge in [-0.15, -0.1) is 0 Å². The van der Waals surface area contributed by atoms with Gasteiger partial charge in [-0.05, 0) is 12.1 Å². The van der Waals surface area contributed by atoms with E-state index in [0.717, 1.165) is 12.1 Å². The van der Waals surface area contributed by atoms with Crippen molar-refractivity contribution in [3.8, 4) is 23.0 Å². The normalized spacial score (nSPS) is 12.8. The maximum atomic E-state index is 12.7. The Bertz CT molecular complexity index is 867. The van der Waals surface area contributed by atoms with E-state index >= 15 is 0 Å². The molecule has 0 heterocycles. The van der Waals surface area contributed by atoms with Crippen molar-refractivity contribution in [2.45, 2.75) is 6.61 Å². The van der Waals surface area contributed by atoms with Crippen molar-refractivity contribution < 1.29 is 34.8 Å². The number of ketones is 2. The number of aromatic hydroxyl groups is 3. The number of benzene rings is 2. The van der Waals surface area contributed by atoms with Gasteiger partial charge in [0, 0.05) is 17.2 Å². The van der Waals surface area contributed by atoms with Gasteiger partial charge < -0.3 is 25.2 Å². The molecule has 1 aliphatic rings. The van der Waals surface area contributed by atoms with Crippen LogP contribution in [0, 0.1) is 0 Å². The van der Waals surface area contributed by atoms with E-state index in [1.807, 2.05) is 0 Å². The Morgan fingerprint density at radius 3 is 2.26 bits per heavy atom. The average molecular weight is 316 g/mol. The lowest BCUT2D eigenvalue weighted by atomic mass is 9.81. The molecule has 0 atom stereocenters. The smallest absolute Gasteiger partial charge is 0.202 e. The lowest BCUT2D eigenvalue weighted by Crippen LogP contribution is -2.22. The Labute approximate surface area is 130 Å². The Balaban J connectivity index is 2.40. The topological polar surface area (TPSA) is 124 Å². The molecule has 1 aliphatic carbocycles. The molecule has 0 aromatic heterocycles. The first-order valence-electron chi connectivity index (χ1n) is 6.59. The molecule has 0 bridgehead atoms. The van der Waals surface area contributed by atoms with Crippen molar-refractivity contribution in [1.29, 1.82) is 0 Å². The van der Waals surface area contributed by atoms with Crippen LogP contribution in [-0.2, 0) is 6.61 Å². The molecular weight excluding hydrogens is 304 g/mol. The number of rotatable bonds is 2. The fourth-order valence-corrected chi connectivity index (χ4v) is 2.72. The van der Waals surface area contributed by atoms with Gasteiger partial charge in [-0.25, -0.2) is 0 Å². The van der Waals surface area contributed by atoms with E-state index < -0.39 is 35.2 Å². The molecule has 7 heteroatoms. The summed E-state index contributed by atoms with van der Waals surface area (Å²) in [5.41, 5.74) is -1.10. The first-order chi connectivity index (χ1) is 10.9. The Kier molecular flexibility index (Phi) is 3.23. The molecule has 0 saturated heterocycles. The Hall–Kier alpha value is -3.06. The third-order valence-electron chi connectivity index (χ3n) is 3.76. The van der Waals surface area contributed by atoms with E-state index in [9.17, 15) is 30.0 Å². The fourth-order valence-electron chi connectivity index (χ4n) is 2.72. The van der Waals surface area contributed by atoms with Crippen LogP contribution in [0.15, 0.2) is 18.2 Å². The number of aliphatic hydroxyl groups excluding tert-OH is 1. The van der Waals surface area contributed by atoms with Gasteiger partial charge >= 0.3 is 0 Å². The van der Waals surface area contributed by atoms with E-state index in [1.54, 1.807) is 0 Å². The number of phenolic OH excluding ortho intramolecular Hbond substituents is 2. The number of ether oxygens (including phenoxy) is 1. The molecule has 0 saturated carbocycles. The van der Waals surface area contributed by atoms with Gasteiger partial charge in [-0.1, -0.05) is 0 Å². The standard InChI is InChI=1S/C16H12O7/c1-23-10-4-7(18)3-8-11(10)16(22)12-9(19)2-6(5-17)14(20)13(12)15(8)21/h2-4,17-20H,5H2,1H3. The van der Waals surface area contributed by atoms with Gasteiger partial charge in [0.1, 0.15) is 23.0 Å². The second-order valence-electron chi connectivity index (χ2n) is 5.04. The predicted octanol–water partition coefficient (Wildman–Crippen LogP) is 1.08. The maximum Gasteiger partial charge on any atom is 0.202 e. The quantitative estimate of drug-likeness (QED) is 0.521. The summed E-state index contributed by atoms with van der Waals surface area (Å²) in [5.74, 6) is -2.88. The summed E-state index contributed by atoms with van der Waals surface area (Å²) in [6, 6.07) is 3.29. The summed E-state index contributed by atoms with van der Waals surface area (Å²) in [4.78, 5) is 25.3. The number of carbonyl (C=O) groups excluding carboxylic acids is 2. The molecule has 0 radical (unpaired) electrons. The van der Waals surface area contributed by atoms with Crippen LogP contribution in [-0.4, -0.2) is 39.1 Å². The first-order valence-corrected chi connectivity index (χ1v) is 6.59. The number of hydrogen-bond acceptors (Lipinski definition) is 7. The summed E-state index contributed by atoms with van der Waals surface area (Å²) < 4.78 is 5.03. The highest BCUT2D eigenvalue weighted by atomic mass is 16.5. The fraction of sp³-hybridized carbons (Fsp3) is 0.125. The summed E-state index contributed by atoms with van der Waals surface area (Å²) in [6.07, 6.45) is 0. The number of hydrogen-bond donors (Lipinski definition) is 4. The van der Waals surface area contributed by atoms with E-state index in [2.05, 4.69) is 0 Å². The van der Waals surface area contributed by atoms with Crippen molar-refractivity contribution in [3.63, 3.8) is 0 Å². The highest BCUT2D eigenvalue weighted by molar-refractivity contribution is 6.31. The van der Waals surface area contributed by atoms with Gasteiger partial charge in [0.15, 0.2) is 5.78 Å². The van der Waals surface area contributed by atoms with Crippen LogP contribution in [0.25, 0.3) is 0 Å². The molecule has 118 valence electrons. The van der Waals surface area contributed by atoms with Gasteiger partial charge in [-0.2, -0.15) is 0 Å². The minimum atomic E-state index is -0.757. The molecule has 23 heavy (non-hydrogen) atoms. The van der Waals surface area contributed by atoms with E-state index in [0.29, 0.717) is 0 Å². The second-order valence-corrected chi connectivity index (χ2v) is 5.04. The van der Waals surface area contributed by atoms with Crippen molar-refractivity contribution >= 4 is 11.6 Å². The molecule has 0 unspecified atom stereocenters. The third-order valence-corrected chi connectivity index (χ3v) is 3.76. The van der Waals surface area contributed by atoms with Gasteiger partial charge in [-0.3, -0.25) is 9.59 Å². The second kappa shape index (κ2) is 4.99. The van der Waals surface area contributed by atoms with Gasteiger partial charge in [0.2, 0.25) is 5.78 Å². The van der Waals surface area contributed by atoms with E-state index in [-0.39, 0.29) is 33.8 Å². The molecule has 3 rings (SSSR count). The number of fused-ring (bicyclic) bond motifs is 2. The number of carbonyl (C=O) groups is 2. The SMILES string of the molecule is COc1cc(O)cc2c1C(=O)c1c(O)cc(CO)c(O)c1C2=O. The average Bonchev–Trinajstić information content (AvgIpc) is 2.53. The molecular formula is C16H12O7. The Morgan fingerprint density at radius 1 is 0.957 bits per heavy atom. The van der Waals surface area contributed by atoms with Crippen LogP contribution in [0.2, 0.25) is 0 Å². The zero-order chi connectivity index (χ0) is 16.9. The van der Waals surface area contributed by atoms with Crippen molar-refractivity contribution in [2.75, 3.05) is 7.11 Å². The molecule has 4 N–H and O–H groups in total. The van der Waals surface area contributed by atoms with Crippen LogP contribution in [0.5, 0.6) is 23.0 Å². The van der Waals surface area contributed by atoms with Crippen LogP contribution in [0.1, 0.15) is 37.4 Å². The minimum Gasteiger partial charge on any atom is -0.508 e. The summed E-state index contributed by atoms with van der Waals surface area (Å²) in [7, 11) is 1.27. The van der Waals surface area contributed by atoms with Crippen LogP contribution < -0.4 is 4.74 Å². The first kappa shape index (κ1) is 14.9. The van der Waals surface area contributed by atoms with Crippen molar-refractivity contribution in [1.82, 2.24) is 0 Å². The predicted molar refractivity (Wildman–Crippen MR) is 77.2 cm³/mol. The molecule has 2 aromatic carbocycles. The van der Waals surface area contributed by atoms with Crippen molar-refractivity contribution in [2.24, 2.45) is 0 Å². The number of aliphatic hydroxyl groups is 1. The lowest BCUT2D eigenvalue weighted by molar-refractivity contribution is 0.0970. The minimum absolute atomic E-state index is 0.0193. The van der Waals surface area contributed by atoms with E-state index in [1.165, 1.54) is 13.2 Å². The Morgan fingerprint density at radius 2 is 1.65 bits per heavy atom. The highest BCUT2D eigenvalue weighted by Gasteiger charge is 2.38. The molecule has 0 amide bonds. The summed E-state index contributed by atoms with van der Waals surface area (Å²) in [6.45, 7) is -0.621. The monoisotopic (exact) mass is 316 g/mol. The van der Waals surface area contributed by atoms with Crippen LogP contribution in [0.4, 0.5) is 0 Å². The van der Waals surface area contributed by atoms with Crippen LogP contribution >= 0.6 is 0 Å². The van der Waals surface area contributed by atoms with Gasteiger partial charge in [0.05, 0.1) is 30.4 Å². The zero-order valence-electron chi connectivity index (χ0n) is 12.0. The maximum absolute atomic E-state index is 12.7. The number of phenols is 3. The van der Waals surface area contributed by atoms with E-state index in [4.69, 9.17) is 4.74 Å². The third kappa shape index (κ3) is 1.94. The summed E-state index contributed by atoms with van der Waals surface area (Å²) >= 11 is 0.